The molecule has 1 heterocycles. The molecule has 0 aromatic heterocycles. The summed E-state index contributed by atoms with van der Waals surface area (Å²) in [5, 5.41) is 13.2. The van der Waals surface area contributed by atoms with Crippen LogP contribution in [0.25, 0.3) is 0 Å². The van der Waals surface area contributed by atoms with Gasteiger partial charge in [-0.3, -0.25) is 0 Å². The lowest BCUT2D eigenvalue weighted by molar-refractivity contribution is 0.161. The van der Waals surface area contributed by atoms with E-state index in [0.717, 1.165) is 25.9 Å². The van der Waals surface area contributed by atoms with Gasteiger partial charge in [-0.2, -0.15) is 5.26 Å². The highest BCUT2D eigenvalue weighted by Gasteiger charge is 2.16. The van der Waals surface area contributed by atoms with Crippen molar-refractivity contribution in [3.05, 3.63) is 29.8 Å². The van der Waals surface area contributed by atoms with E-state index >= 15 is 0 Å². The normalized spacial score (nSPS) is 17.0. The smallest absolute Gasteiger partial charge is 0.137 e. The zero-order valence-corrected chi connectivity index (χ0v) is 8.52. The lowest BCUT2D eigenvalue weighted by Gasteiger charge is -2.23. The average molecular weight is 201 g/mol. The fraction of sp³-hybridized carbons (Fsp3) is 0.417. The van der Waals surface area contributed by atoms with Crippen LogP contribution in [0.4, 0.5) is 0 Å². The molecule has 0 aliphatic carbocycles. The van der Waals surface area contributed by atoms with Crippen LogP contribution in [0.1, 0.15) is 18.4 Å². The minimum Gasteiger partial charge on any atom is -0.489 e. The molecule has 15 heavy (non-hydrogen) atoms. The van der Waals surface area contributed by atoms with Crippen molar-refractivity contribution >= 4 is 0 Å². The molecule has 1 radical (unpaired) electrons. The Balaban J connectivity index is 2.06. The van der Waals surface area contributed by atoms with Gasteiger partial charge in [0.25, 0.3) is 0 Å². The van der Waals surface area contributed by atoms with E-state index in [4.69, 9.17) is 10.00 Å². The number of nitriles is 1. The summed E-state index contributed by atoms with van der Waals surface area (Å²) in [6.45, 7) is 1.75. The van der Waals surface area contributed by atoms with E-state index < -0.39 is 0 Å². The van der Waals surface area contributed by atoms with E-state index in [1.54, 1.807) is 6.07 Å². The van der Waals surface area contributed by atoms with Crippen LogP contribution in [-0.2, 0) is 0 Å². The summed E-state index contributed by atoms with van der Waals surface area (Å²) in [4.78, 5) is 0. The minimum absolute atomic E-state index is 0.219. The number of ether oxygens (including phenoxy) is 1. The van der Waals surface area contributed by atoms with Gasteiger partial charge in [-0.15, -0.1) is 0 Å². The Labute approximate surface area is 89.7 Å². The Morgan fingerprint density at radius 1 is 1.27 bits per heavy atom. The summed E-state index contributed by atoms with van der Waals surface area (Å²) in [5.74, 6) is 0.701. The second kappa shape index (κ2) is 4.81. The van der Waals surface area contributed by atoms with Gasteiger partial charge in [-0.25, -0.2) is 5.32 Å². The Kier molecular flexibility index (Phi) is 3.21. The van der Waals surface area contributed by atoms with Gasteiger partial charge < -0.3 is 4.74 Å². The molecule has 0 atom stereocenters. The Bertz CT molecular complexity index is 364. The fourth-order valence-electron chi connectivity index (χ4n) is 1.69. The van der Waals surface area contributed by atoms with Gasteiger partial charge in [0.05, 0.1) is 5.56 Å². The molecular formula is C12H13N2O. The molecule has 0 N–H and O–H groups in total. The van der Waals surface area contributed by atoms with Crippen LogP contribution in [0, 0.1) is 11.3 Å². The average Bonchev–Trinajstić information content (AvgIpc) is 2.31. The van der Waals surface area contributed by atoms with Gasteiger partial charge in [0, 0.05) is 13.1 Å². The van der Waals surface area contributed by atoms with Gasteiger partial charge in [0.15, 0.2) is 0 Å². The Morgan fingerprint density at radius 3 is 2.73 bits per heavy atom. The van der Waals surface area contributed by atoms with Crippen LogP contribution in [0.15, 0.2) is 24.3 Å². The highest BCUT2D eigenvalue weighted by Crippen LogP contribution is 2.20. The van der Waals surface area contributed by atoms with Crippen molar-refractivity contribution in [2.45, 2.75) is 18.9 Å². The monoisotopic (exact) mass is 201 g/mol. The maximum Gasteiger partial charge on any atom is 0.137 e. The summed E-state index contributed by atoms with van der Waals surface area (Å²) in [7, 11) is 0. The van der Waals surface area contributed by atoms with Crippen molar-refractivity contribution in [2.75, 3.05) is 13.1 Å². The first-order chi connectivity index (χ1) is 7.40. The third-order valence-corrected chi connectivity index (χ3v) is 2.52. The van der Waals surface area contributed by atoms with Crippen molar-refractivity contribution in [1.29, 1.82) is 5.26 Å². The molecule has 1 aliphatic heterocycles. The summed E-state index contributed by atoms with van der Waals surface area (Å²) >= 11 is 0. The maximum atomic E-state index is 8.90. The molecule has 0 amide bonds. The van der Waals surface area contributed by atoms with E-state index in [2.05, 4.69) is 11.4 Å². The van der Waals surface area contributed by atoms with E-state index in [1.807, 2.05) is 18.2 Å². The first kappa shape index (κ1) is 10.0. The molecule has 1 aromatic rings. The van der Waals surface area contributed by atoms with E-state index in [1.165, 1.54) is 0 Å². The van der Waals surface area contributed by atoms with Gasteiger partial charge in [-0.1, -0.05) is 12.1 Å². The zero-order chi connectivity index (χ0) is 10.5. The van der Waals surface area contributed by atoms with Crippen LogP contribution >= 0.6 is 0 Å². The first-order valence-corrected chi connectivity index (χ1v) is 5.19. The van der Waals surface area contributed by atoms with Crippen molar-refractivity contribution in [1.82, 2.24) is 5.32 Å². The van der Waals surface area contributed by atoms with Crippen LogP contribution in [0.5, 0.6) is 5.75 Å². The molecule has 0 unspecified atom stereocenters. The summed E-state index contributed by atoms with van der Waals surface area (Å²) in [6, 6.07) is 9.51. The number of hydrogen-bond acceptors (Lipinski definition) is 2. The van der Waals surface area contributed by atoms with Gasteiger partial charge in [0.2, 0.25) is 0 Å². The summed E-state index contributed by atoms with van der Waals surface area (Å²) in [5.41, 5.74) is 0.611. The van der Waals surface area contributed by atoms with Crippen LogP contribution < -0.4 is 10.1 Å². The SMILES string of the molecule is N#Cc1ccccc1OC1CC[N]CC1. The fourth-order valence-corrected chi connectivity index (χ4v) is 1.69. The highest BCUT2D eigenvalue weighted by molar-refractivity contribution is 5.42. The summed E-state index contributed by atoms with van der Waals surface area (Å²) in [6.07, 6.45) is 2.14. The molecule has 3 nitrogen and oxygen atoms in total. The molecule has 0 saturated carbocycles. The standard InChI is InChI=1S/C12H13N2O/c13-9-10-3-1-2-4-12(10)15-11-5-7-14-8-6-11/h1-4,11H,5-8H2. The van der Waals surface area contributed by atoms with Gasteiger partial charge in [-0.05, 0) is 25.0 Å². The second-order valence-corrected chi connectivity index (χ2v) is 3.60. The zero-order valence-electron chi connectivity index (χ0n) is 8.52. The van der Waals surface area contributed by atoms with Crippen LogP contribution in [0.3, 0.4) is 0 Å². The molecule has 1 aromatic carbocycles. The number of nitrogens with zero attached hydrogens (tertiary/aromatic N) is 2. The Morgan fingerprint density at radius 2 is 2.00 bits per heavy atom. The van der Waals surface area contributed by atoms with Crippen molar-refractivity contribution in [3.8, 4) is 11.8 Å². The van der Waals surface area contributed by atoms with Crippen molar-refractivity contribution in [2.24, 2.45) is 0 Å². The third-order valence-electron chi connectivity index (χ3n) is 2.52. The molecule has 3 heteroatoms. The predicted octanol–water partition coefficient (Wildman–Crippen LogP) is 1.70. The van der Waals surface area contributed by atoms with Crippen LogP contribution in [-0.4, -0.2) is 19.2 Å². The second-order valence-electron chi connectivity index (χ2n) is 3.60. The quantitative estimate of drug-likeness (QED) is 0.731. The molecule has 77 valence electrons. The molecule has 1 aliphatic rings. The molecule has 2 rings (SSSR count). The number of benzene rings is 1. The van der Waals surface area contributed by atoms with E-state index in [9.17, 15) is 0 Å². The highest BCUT2D eigenvalue weighted by atomic mass is 16.5. The minimum atomic E-state index is 0.219. The molecular weight excluding hydrogens is 188 g/mol. The first-order valence-electron chi connectivity index (χ1n) is 5.19. The third kappa shape index (κ3) is 2.48. The summed E-state index contributed by atoms with van der Waals surface area (Å²) < 4.78 is 5.79. The number of rotatable bonds is 2. The predicted molar refractivity (Wildman–Crippen MR) is 56.7 cm³/mol. The van der Waals surface area contributed by atoms with Crippen molar-refractivity contribution < 1.29 is 4.74 Å². The molecule has 1 fully saturated rings. The lowest BCUT2D eigenvalue weighted by Crippen LogP contribution is -2.30. The molecule has 0 spiro atoms. The number of piperidine rings is 1. The van der Waals surface area contributed by atoms with Crippen LogP contribution in [0.2, 0.25) is 0 Å². The number of para-hydroxylation sites is 1. The number of hydrogen-bond donors (Lipinski definition) is 0. The largest absolute Gasteiger partial charge is 0.489 e. The topological polar surface area (TPSA) is 47.1 Å². The molecule has 1 saturated heterocycles. The van der Waals surface area contributed by atoms with Gasteiger partial charge in [0.1, 0.15) is 17.9 Å². The van der Waals surface area contributed by atoms with E-state index in [-0.39, 0.29) is 6.10 Å². The van der Waals surface area contributed by atoms with Gasteiger partial charge >= 0.3 is 0 Å². The Hall–Kier alpha value is -1.53. The van der Waals surface area contributed by atoms with E-state index in [0.29, 0.717) is 11.3 Å². The maximum absolute atomic E-state index is 8.90. The molecule has 0 bridgehead atoms. The lowest BCUT2D eigenvalue weighted by atomic mass is 10.1. The van der Waals surface area contributed by atoms with Crippen molar-refractivity contribution in [3.63, 3.8) is 0 Å².